The molecule has 0 aliphatic carbocycles. The van der Waals surface area contributed by atoms with Crippen molar-refractivity contribution in [1.29, 1.82) is 0 Å². The molecule has 3 rings (SSSR count). The normalized spacial score (nSPS) is 11.3. The average Bonchev–Trinajstić information content (AvgIpc) is 2.82. The van der Waals surface area contributed by atoms with Gasteiger partial charge in [-0.25, -0.2) is 9.37 Å². The third-order valence-corrected chi connectivity index (χ3v) is 5.82. The minimum absolute atomic E-state index is 0.00293. The summed E-state index contributed by atoms with van der Waals surface area (Å²) in [6.07, 6.45) is 5.15. The van der Waals surface area contributed by atoms with Crippen LogP contribution in [0.4, 0.5) is 15.9 Å². The van der Waals surface area contributed by atoms with E-state index in [4.69, 9.17) is 0 Å². The van der Waals surface area contributed by atoms with E-state index in [0.717, 1.165) is 30.0 Å². The monoisotopic (exact) mass is 434 g/mol. The van der Waals surface area contributed by atoms with Crippen LogP contribution in [0, 0.1) is 11.2 Å². The lowest BCUT2D eigenvalue weighted by molar-refractivity contribution is -0.126. The van der Waals surface area contributed by atoms with Crippen LogP contribution >= 0.6 is 0 Å². The largest absolute Gasteiger partial charge is 0.359 e. The number of amides is 1. The molecule has 2 heterocycles. The number of halogens is 1. The number of aromatic nitrogens is 2. The molecule has 0 N–H and O–H groups in total. The summed E-state index contributed by atoms with van der Waals surface area (Å²) in [6.45, 7) is 7.04. The highest BCUT2D eigenvalue weighted by Crippen LogP contribution is 2.28. The van der Waals surface area contributed by atoms with Gasteiger partial charge in [-0.2, -0.15) is 0 Å². The molecule has 168 valence electrons. The lowest BCUT2D eigenvalue weighted by atomic mass is 9.88. The highest BCUT2D eigenvalue weighted by atomic mass is 19.1. The van der Waals surface area contributed by atoms with Crippen molar-refractivity contribution in [2.24, 2.45) is 5.41 Å². The van der Waals surface area contributed by atoms with Gasteiger partial charge in [0.15, 0.2) is 0 Å². The Morgan fingerprint density at radius 3 is 2.38 bits per heavy atom. The number of carbonyl (C=O) groups excluding carboxylic acids is 1. The summed E-state index contributed by atoms with van der Waals surface area (Å²) >= 11 is 0. The van der Waals surface area contributed by atoms with E-state index < -0.39 is 5.41 Å². The maximum absolute atomic E-state index is 13.4. The lowest BCUT2D eigenvalue weighted by Gasteiger charge is -2.31. The Bertz CT molecular complexity index is 1000. The summed E-state index contributed by atoms with van der Waals surface area (Å²) in [4.78, 5) is 26.0. The van der Waals surface area contributed by atoms with Crippen molar-refractivity contribution in [3.63, 3.8) is 0 Å². The van der Waals surface area contributed by atoms with E-state index >= 15 is 0 Å². The zero-order valence-electron chi connectivity index (χ0n) is 19.3. The molecule has 0 bridgehead atoms. The zero-order chi connectivity index (χ0) is 23.1. The van der Waals surface area contributed by atoms with Gasteiger partial charge >= 0.3 is 0 Å². The van der Waals surface area contributed by atoms with Crippen molar-refractivity contribution in [1.82, 2.24) is 9.97 Å². The van der Waals surface area contributed by atoms with E-state index in [1.807, 2.05) is 58.2 Å². The van der Waals surface area contributed by atoms with Crippen molar-refractivity contribution in [3.05, 3.63) is 84.1 Å². The average molecular weight is 435 g/mol. The van der Waals surface area contributed by atoms with Crippen LogP contribution in [-0.4, -0.2) is 29.5 Å². The highest BCUT2D eigenvalue weighted by molar-refractivity contribution is 5.97. The predicted molar refractivity (Wildman–Crippen MR) is 127 cm³/mol. The van der Waals surface area contributed by atoms with Crippen molar-refractivity contribution in [3.8, 4) is 0 Å². The minimum atomic E-state index is -0.520. The van der Waals surface area contributed by atoms with Gasteiger partial charge in [0.2, 0.25) is 5.91 Å². The Morgan fingerprint density at radius 2 is 1.78 bits per heavy atom. The number of anilines is 2. The third kappa shape index (κ3) is 5.90. The fraction of sp³-hybridized carbons (Fsp3) is 0.346. The van der Waals surface area contributed by atoms with Gasteiger partial charge in [0, 0.05) is 49.2 Å². The Hall–Kier alpha value is -3.28. The first-order valence-electron chi connectivity index (χ1n) is 10.9. The molecule has 0 spiro atoms. The SMILES string of the molecule is CCC(C)(C)C(=O)N(Cc1ccc(N(C)CCc2ccccn2)nc1)c1ccc(F)cc1. The predicted octanol–water partition coefficient (Wildman–Crippen LogP) is 5.26. The van der Waals surface area contributed by atoms with Crippen LogP contribution in [0.1, 0.15) is 38.4 Å². The van der Waals surface area contributed by atoms with Gasteiger partial charge in [-0.1, -0.05) is 32.9 Å². The molecule has 3 aromatic rings. The van der Waals surface area contributed by atoms with Gasteiger partial charge in [-0.05, 0) is 54.4 Å². The maximum Gasteiger partial charge on any atom is 0.232 e. The molecule has 0 saturated carbocycles. The number of nitrogens with zero attached hydrogens (tertiary/aromatic N) is 4. The molecule has 5 nitrogen and oxygen atoms in total. The van der Waals surface area contributed by atoms with Gasteiger partial charge in [-0.3, -0.25) is 9.78 Å². The van der Waals surface area contributed by atoms with E-state index in [1.165, 1.54) is 12.1 Å². The van der Waals surface area contributed by atoms with E-state index in [1.54, 1.807) is 29.4 Å². The van der Waals surface area contributed by atoms with E-state index in [0.29, 0.717) is 18.7 Å². The van der Waals surface area contributed by atoms with Gasteiger partial charge in [0.05, 0.1) is 6.54 Å². The Kier molecular flexibility index (Phi) is 7.57. The van der Waals surface area contributed by atoms with Crippen molar-refractivity contribution >= 4 is 17.4 Å². The van der Waals surface area contributed by atoms with Crippen LogP contribution in [0.25, 0.3) is 0 Å². The molecule has 0 aliphatic heterocycles. The van der Waals surface area contributed by atoms with Gasteiger partial charge < -0.3 is 9.80 Å². The number of benzene rings is 1. The van der Waals surface area contributed by atoms with Gasteiger partial charge in [0.25, 0.3) is 0 Å². The van der Waals surface area contributed by atoms with Crippen LogP contribution < -0.4 is 9.80 Å². The fourth-order valence-corrected chi connectivity index (χ4v) is 3.28. The molecule has 0 aliphatic rings. The molecule has 6 heteroatoms. The van der Waals surface area contributed by atoms with Gasteiger partial charge in [0.1, 0.15) is 11.6 Å². The minimum Gasteiger partial charge on any atom is -0.359 e. The molecule has 0 radical (unpaired) electrons. The number of pyridine rings is 2. The zero-order valence-corrected chi connectivity index (χ0v) is 19.3. The Balaban J connectivity index is 1.73. The first-order valence-corrected chi connectivity index (χ1v) is 10.9. The van der Waals surface area contributed by atoms with Crippen LogP contribution in [0.5, 0.6) is 0 Å². The lowest BCUT2D eigenvalue weighted by Crippen LogP contribution is -2.40. The molecular formula is C26H31FN4O. The maximum atomic E-state index is 13.4. The summed E-state index contributed by atoms with van der Waals surface area (Å²) < 4.78 is 13.4. The summed E-state index contributed by atoms with van der Waals surface area (Å²) in [5, 5.41) is 0. The van der Waals surface area contributed by atoms with Crippen LogP contribution in [0.2, 0.25) is 0 Å². The number of rotatable bonds is 9. The quantitative estimate of drug-likeness (QED) is 0.461. The number of carbonyl (C=O) groups is 1. The Morgan fingerprint density at radius 1 is 1.03 bits per heavy atom. The number of likely N-dealkylation sites (N-methyl/N-ethyl adjacent to an activating group) is 1. The second-order valence-corrected chi connectivity index (χ2v) is 8.62. The molecule has 1 aromatic carbocycles. The van der Waals surface area contributed by atoms with Crippen molar-refractivity contribution < 1.29 is 9.18 Å². The molecule has 0 saturated heterocycles. The molecule has 0 fully saturated rings. The standard InChI is InChI=1S/C26H31FN4O/c1-5-26(2,3)25(32)31(23-12-10-21(27)11-13-23)19-20-9-14-24(29-18-20)30(4)17-15-22-8-6-7-16-28-22/h6-14,16,18H,5,15,17,19H2,1-4H3. The summed E-state index contributed by atoms with van der Waals surface area (Å²) in [5.74, 6) is 0.539. The van der Waals surface area contributed by atoms with E-state index in [2.05, 4.69) is 14.9 Å². The summed E-state index contributed by atoms with van der Waals surface area (Å²) in [6, 6.07) is 15.9. The summed E-state index contributed by atoms with van der Waals surface area (Å²) in [5.41, 5.74) is 2.11. The van der Waals surface area contributed by atoms with Crippen LogP contribution in [-0.2, 0) is 17.8 Å². The van der Waals surface area contributed by atoms with E-state index in [-0.39, 0.29) is 11.7 Å². The molecule has 0 unspecified atom stereocenters. The molecule has 32 heavy (non-hydrogen) atoms. The molecular weight excluding hydrogens is 403 g/mol. The smallest absolute Gasteiger partial charge is 0.232 e. The first kappa shape index (κ1) is 23.4. The van der Waals surface area contributed by atoms with Gasteiger partial charge in [-0.15, -0.1) is 0 Å². The number of hydrogen-bond donors (Lipinski definition) is 0. The second-order valence-electron chi connectivity index (χ2n) is 8.62. The second kappa shape index (κ2) is 10.4. The van der Waals surface area contributed by atoms with E-state index in [9.17, 15) is 9.18 Å². The third-order valence-electron chi connectivity index (χ3n) is 5.82. The molecule has 0 atom stereocenters. The number of hydrogen-bond acceptors (Lipinski definition) is 4. The fourth-order valence-electron chi connectivity index (χ4n) is 3.28. The van der Waals surface area contributed by atoms with Crippen LogP contribution in [0.3, 0.4) is 0 Å². The molecule has 2 aromatic heterocycles. The van der Waals surface area contributed by atoms with Crippen molar-refractivity contribution in [2.45, 2.75) is 40.2 Å². The molecule has 1 amide bonds. The Labute approximate surface area is 189 Å². The van der Waals surface area contributed by atoms with Crippen LogP contribution in [0.15, 0.2) is 67.0 Å². The summed E-state index contributed by atoms with van der Waals surface area (Å²) in [7, 11) is 2.00. The first-order chi connectivity index (χ1) is 15.3. The topological polar surface area (TPSA) is 49.3 Å². The van der Waals surface area contributed by atoms with Crippen molar-refractivity contribution in [2.75, 3.05) is 23.4 Å². The highest BCUT2D eigenvalue weighted by Gasteiger charge is 2.31.